The fourth-order valence-electron chi connectivity index (χ4n) is 0.744. The molecule has 0 spiro atoms. The van der Waals surface area contributed by atoms with E-state index in [-0.39, 0.29) is 17.9 Å². The van der Waals surface area contributed by atoms with Gasteiger partial charge in [0, 0.05) is 5.54 Å². The Morgan fingerprint density at radius 2 is 2.11 bits per heavy atom. The van der Waals surface area contributed by atoms with Crippen molar-refractivity contribution in [3.63, 3.8) is 0 Å². The minimum atomic E-state index is -0.0885. The summed E-state index contributed by atoms with van der Waals surface area (Å²) in [6.45, 7) is 2.02. The van der Waals surface area contributed by atoms with E-state index in [1.165, 1.54) is 0 Å². The predicted molar refractivity (Wildman–Crippen MR) is 42.7 cm³/mol. The van der Waals surface area contributed by atoms with Gasteiger partial charge in [0.2, 0.25) is 0 Å². The Morgan fingerprint density at radius 1 is 1.44 bits per heavy atom. The lowest BCUT2D eigenvalue weighted by atomic mass is 9.95. The van der Waals surface area contributed by atoms with Crippen molar-refractivity contribution in [2.24, 2.45) is 5.73 Å². The van der Waals surface area contributed by atoms with Gasteiger partial charge in [0.05, 0.1) is 0 Å². The molecule has 0 saturated carbocycles. The third kappa shape index (κ3) is 2.68. The lowest BCUT2D eigenvalue weighted by molar-refractivity contribution is 0.589. The highest BCUT2D eigenvalue weighted by atomic mass is 35.5. The van der Waals surface area contributed by atoms with E-state index in [1.807, 2.05) is 25.2 Å². The van der Waals surface area contributed by atoms with Crippen LogP contribution < -0.4 is 5.73 Å². The van der Waals surface area contributed by atoms with Crippen LogP contribution in [0, 0.1) is 0 Å². The van der Waals surface area contributed by atoms with Crippen molar-refractivity contribution in [3.05, 3.63) is 24.3 Å². The normalized spacial score (nSPS) is 31.8. The highest BCUT2D eigenvalue weighted by Gasteiger charge is 2.12. The van der Waals surface area contributed by atoms with Gasteiger partial charge in [-0.2, -0.15) is 0 Å². The number of nitrogens with two attached hydrogens (primary N) is 1. The van der Waals surface area contributed by atoms with E-state index in [0.717, 1.165) is 6.42 Å². The molecule has 1 rings (SSSR count). The Labute approximate surface area is 62.0 Å². The van der Waals surface area contributed by atoms with Crippen LogP contribution >= 0.6 is 12.4 Å². The number of halogens is 1. The number of allylic oxidation sites excluding steroid dienone is 2. The maximum atomic E-state index is 5.74. The van der Waals surface area contributed by atoms with Crippen LogP contribution in [0.3, 0.4) is 0 Å². The molecule has 0 fully saturated rings. The Kier molecular flexibility index (Phi) is 2.95. The summed E-state index contributed by atoms with van der Waals surface area (Å²) in [6.07, 6.45) is 9.08. The van der Waals surface area contributed by atoms with Gasteiger partial charge >= 0.3 is 0 Å². The lowest BCUT2D eigenvalue weighted by Crippen LogP contribution is -2.33. The first-order valence-corrected chi connectivity index (χ1v) is 2.84. The van der Waals surface area contributed by atoms with Crippen LogP contribution in [0.1, 0.15) is 13.3 Å². The molecule has 2 heteroatoms. The van der Waals surface area contributed by atoms with Gasteiger partial charge in [-0.05, 0) is 13.3 Å². The molecule has 1 atom stereocenters. The van der Waals surface area contributed by atoms with Crippen LogP contribution in [-0.4, -0.2) is 5.54 Å². The molecule has 0 heterocycles. The van der Waals surface area contributed by atoms with E-state index in [9.17, 15) is 0 Å². The van der Waals surface area contributed by atoms with Gasteiger partial charge in [0.15, 0.2) is 0 Å². The summed E-state index contributed by atoms with van der Waals surface area (Å²) in [6, 6.07) is 0. The molecular weight excluding hydrogens is 134 g/mol. The molecule has 0 saturated heterocycles. The Balaban J connectivity index is 0.000000640. The molecule has 52 valence electrons. The van der Waals surface area contributed by atoms with Crippen molar-refractivity contribution in [2.75, 3.05) is 0 Å². The molecule has 0 amide bonds. The van der Waals surface area contributed by atoms with Crippen LogP contribution in [0.2, 0.25) is 0 Å². The first-order valence-electron chi connectivity index (χ1n) is 2.84. The van der Waals surface area contributed by atoms with E-state index in [2.05, 4.69) is 6.08 Å². The van der Waals surface area contributed by atoms with Gasteiger partial charge in [0.25, 0.3) is 0 Å². The van der Waals surface area contributed by atoms with Gasteiger partial charge in [-0.1, -0.05) is 24.3 Å². The highest BCUT2D eigenvalue weighted by Crippen LogP contribution is 2.11. The van der Waals surface area contributed by atoms with Crippen molar-refractivity contribution in [1.29, 1.82) is 0 Å². The van der Waals surface area contributed by atoms with Crippen LogP contribution in [0.5, 0.6) is 0 Å². The highest BCUT2D eigenvalue weighted by molar-refractivity contribution is 5.85. The monoisotopic (exact) mass is 145 g/mol. The summed E-state index contributed by atoms with van der Waals surface area (Å²) in [4.78, 5) is 0. The zero-order chi connectivity index (χ0) is 6.04. The maximum absolute atomic E-state index is 5.74. The molecule has 0 aromatic carbocycles. The summed E-state index contributed by atoms with van der Waals surface area (Å²) in [7, 11) is 0. The van der Waals surface area contributed by atoms with E-state index in [4.69, 9.17) is 5.73 Å². The smallest absolute Gasteiger partial charge is 0.0348 e. The maximum Gasteiger partial charge on any atom is 0.0348 e. The first-order chi connectivity index (χ1) is 3.71. The number of hydrogen-bond donors (Lipinski definition) is 1. The fourth-order valence-corrected chi connectivity index (χ4v) is 0.744. The van der Waals surface area contributed by atoms with Gasteiger partial charge in [-0.15, -0.1) is 12.4 Å². The Morgan fingerprint density at radius 3 is 2.33 bits per heavy atom. The minimum Gasteiger partial charge on any atom is -0.322 e. The summed E-state index contributed by atoms with van der Waals surface area (Å²) < 4.78 is 0. The molecule has 0 bridgehead atoms. The summed E-state index contributed by atoms with van der Waals surface area (Å²) >= 11 is 0. The van der Waals surface area contributed by atoms with E-state index < -0.39 is 0 Å². The topological polar surface area (TPSA) is 26.0 Å². The average molecular weight is 146 g/mol. The van der Waals surface area contributed by atoms with Crippen molar-refractivity contribution >= 4 is 12.4 Å². The average Bonchev–Trinajstić information content (AvgIpc) is 1.65. The molecule has 0 aliphatic heterocycles. The molecule has 0 radical (unpaired) electrons. The largest absolute Gasteiger partial charge is 0.322 e. The Bertz CT molecular complexity index is 136. The van der Waals surface area contributed by atoms with E-state index in [0.29, 0.717) is 0 Å². The van der Waals surface area contributed by atoms with Crippen LogP contribution in [0.4, 0.5) is 0 Å². The number of hydrogen-bond acceptors (Lipinski definition) is 1. The predicted octanol–water partition coefficient (Wildman–Crippen LogP) is 1.64. The third-order valence-corrected chi connectivity index (χ3v) is 1.28. The van der Waals surface area contributed by atoms with Crippen molar-refractivity contribution < 1.29 is 0 Å². The van der Waals surface area contributed by atoms with Gasteiger partial charge in [-0.25, -0.2) is 0 Å². The third-order valence-electron chi connectivity index (χ3n) is 1.28. The zero-order valence-electron chi connectivity index (χ0n) is 5.50. The SMILES string of the molecule is CC1(N)C=CC=CC1.Cl. The second kappa shape index (κ2) is 3.04. The van der Waals surface area contributed by atoms with Gasteiger partial charge in [-0.3, -0.25) is 0 Å². The Hall–Kier alpha value is -0.270. The van der Waals surface area contributed by atoms with Crippen molar-refractivity contribution in [1.82, 2.24) is 0 Å². The van der Waals surface area contributed by atoms with Gasteiger partial charge in [0.1, 0.15) is 0 Å². The minimum absolute atomic E-state index is 0. The zero-order valence-corrected chi connectivity index (χ0v) is 6.32. The molecule has 1 aliphatic carbocycles. The van der Waals surface area contributed by atoms with Crippen LogP contribution in [-0.2, 0) is 0 Å². The van der Waals surface area contributed by atoms with Crippen molar-refractivity contribution in [3.8, 4) is 0 Å². The molecule has 9 heavy (non-hydrogen) atoms. The van der Waals surface area contributed by atoms with Gasteiger partial charge < -0.3 is 5.73 Å². The molecule has 1 aliphatic rings. The number of rotatable bonds is 0. The van der Waals surface area contributed by atoms with Crippen molar-refractivity contribution in [2.45, 2.75) is 18.9 Å². The molecule has 0 aromatic rings. The van der Waals surface area contributed by atoms with Crippen LogP contribution in [0.25, 0.3) is 0 Å². The standard InChI is InChI=1S/C7H11N.ClH/c1-7(8)5-3-2-4-6-7;/h2-5H,6,8H2,1H3;1H. The molecule has 1 nitrogen and oxygen atoms in total. The quantitative estimate of drug-likeness (QED) is 0.551. The molecule has 1 unspecified atom stereocenters. The lowest BCUT2D eigenvalue weighted by Gasteiger charge is -2.19. The van der Waals surface area contributed by atoms with Crippen LogP contribution in [0.15, 0.2) is 24.3 Å². The van der Waals surface area contributed by atoms with E-state index in [1.54, 1.807) is 0 Å². The second-order valence-electron chi connectivity index (χ2n) is 2.50. The summed E-state index contributed by atoms with van der Waals surface area (Å²) in [5.74, 6) is 0. The summed E-state index contributed by atoms with van der Waals surface area (Å²) in [5, 5.41) is 0. The molecule has 2 N–H and O–H groups in total. The molecule has 0 aromatic heterocycles. The first kappa shape index (κ1) is 8.73. The molecular formula is C7H12ClN. The fraction of sp³-hybridized carbons (Fsp3) is 0.429. The van der Waals surface area contributed by atoms with E-state index >= 15 is 0 Å². The summed E-state index contributed by atoms with van der Waals surface area (Å²) in [5.41, 5.74) is 5.65. The second-order valence-corrected chi connectivity index (χ2v) is 2.50.